The van der Waals surface area contributed by atoms with E-state index in [1.165, 1.54) is 19.2 Å². The average molecular weight is 502 g/mol. The summed E-state index contributed by atoms with van der Waals surface area (Å²) in [6.45, 7) is 0.367. The summed E-state index contributed by atoms with van der Waals surface area (Å²) < 4.78 is 50.7. The summed E-state index contributed by atoms with van der Waals surface area (Å²) in [4.78, 5) is 14.4. The van der Waals surface area contributed by atoms with E-state index in [1.807, 2.05) is 30.3 Å². The number of anilines is 1. The zero-order chi connectivity index (χ0) is 24.3. The van der Waals surface area contributed by atoms with Gasteiger partial charge in [-0.2, -0.15) is 13.2 Å². The molecule has 0 unspecified atom stereocenters. The molecular weight excluding hydrogens is 483 g/mol. The second-order valence-electron chi connectivity index (χ2n) is 7.25. The number of carbonyl (C=O) groups is 1. The van der Waals surface area contributed by atoms with Gasteiger partial charge < -0.3 is 9.47 Å². The molecule has 1 aliphatic rings. The SMILES string of the molecule is COc1cc(/C=C2\SC(=S)N(c3cccc(C(F)(F)F)c3)C2=O)ccc1OCc1ccccc1. The van der Waals surface area contributed by atoms with Crippen molar-refractivity contribution < 1.29 is 27.4 Å². The molecule has 1 aliphatic heterocycles. The van der Waals surface area contributed by atoms with Gasteiger partial charge in [0.15, 0.2) is 15.8 Å². The van der Waals surface area contributed by atoms with Crippen LogP contribution in [0.3, 0.4) is 0 Å². The first-order valence-electron chi connectivity index (χ1n) is 10.1. The fraction of sp³-hybridized carbons (Fsp3) is 0.120. The van der Waals surface area contributed by atoms with E-state index in [9.17, 15) is 18.0 Å². The van der Waals surface area contributed by atoms with Gasteiger partial charge in [0.1, 0.15) is 6.61 Å². The minimum absolute atomic E-state index is 0.0722. The molecule has 34 heavy (non-hydrogen) atoms. The molecule has 0 N–H and O–H groups in total. The lowest BCUT2D eigenvalue weighted by molar-refractivity contribution is -0.137. The van der Waals surface area contributed by atoms with Gasteiger partial charge in [-0.15, -0.1) is 0 Å². The predicted molar refractivity (Wildman–Crippen MR) is 131 cm³/mol. The number of thioether (sulfide) groups is 1. The molecule has 4 rings (SSSR count). The molecule has 3 aromatic carbocycles. The number of rotatable bonds is 6. The lowest BCUT2D eigenvalue weighted by atomic mass is 10.1. The Morgan fingerprint density at radius 3 is 2.47 bits per heavy atom. The fourth-order valence-electron chi connectivity index (χ4n) is 3.29. The van der Waals surface area contributed by atoms with Crippen LogP contribution in [0.5, 0.6) is 11.5 Å². The molecule has 0 atom stereocenters. The molecule has 9 heteroatoms. The molecule has 1 heterocycles. The maximum atomic E-state index is 13.1. The number of thiocarbonyl (C=S) groups is 1. The summed E-state index contributed by atoms with van der Waals surface area (Å²) in [6, 6.07) is 19.4. The first-order valence-corrected chi connectivity index (χ1v) is 11.3. The van der Waals surface area contributed by atoms with Crippen molar-refractivity contribution in [3.63, 3.8) is 0 Å². The Labute approximate surface area is 204 Å². The number of methoxy groups -OCH3 is 1. The molecule has 1 saturated heterocycles. The molecule has 0 radical (unpaired) electrons. The van der Waals surface area contributed by atoms with Gasteiger partial charge in [0, 0.05) is 0 Å². The van der Waals surface area contributed by atoms with Crippen LogP contribution in [0.1, 0.15) is 16.7 Å². The summed E-state index contributed by atoms with van der Waals surface area (Å²) in [5, 5.41) is 0. The molecule has 0 saturated carbocycles. The largest absolute Gasteiger partial charge is 0.493 e. The van der Waals surface area contributed by atoms with E-state index in [0.717, 1.165) is 34.4 Å². The Morgan fingerprint density at radius 2 is 1.76 bits per heavy atom. The second kappa shape index (κ2) is 9.90. The highest BCUT2D eigenvalue weighted by atomic mass is 32.2. The van der Waals surface area contributed by atoms with Gasteiger partial charge in [-0.1, -0.05) is 66.4 Å². The zero-order valence-corrected chi connectivity index (χ0v) is 19.5. The first kappa shape index (κ1) is 23.8. The molecule has 0 bridgehead atoms. The normalized spacial score (nSPS) is 15.2. The van der Waals surface area contributed by atoms with Crippen LogP contribution in [-0.2, 0) is 17.6 Å². The standard InChI is InChI=1S/C25H18F3NO3S2/c1-31-21-12-17(10-11-20(21)32-15-16-6-3-2-4-7-16)13-22-23(30)29(24(33)34-22)19-9-5-8-18(14-19)25(26,27)28/h2-14H,15H2,1H3/b22-13-. The third-order valence-electron chi connectivity index (χ3n) is 4.95. The molecule has 0 aromatic heterocycles. The van der Waals surface area contributed by atoms with Crippen molar-refractivity contribution in [3.05, 3.63) is 94.4 Å². The first-order chi connectivity index (χ1) is 16.3. The monoisotopic (exact) mass is 501 g/mol. The Morgan fingerprint density at radius 1 is 1.00 bits per heavy atom. The summed E-state index contributed by atoms with van der Waals surface area (Å²) in [7, 11) is 1.52. The van der Waals surface area contributed by atoms with Gasteiger partial charge in [-0.25, -0.2) is 0 Å². The summed E-state index contributed by atoms with van der Waals surface area (Å²) in [5.74, 6) is 0.538. The van der Waals surface area contributed by atoms with Gasteiger partial charge in [0.25, 0.3) is 5.91 Å². The van der Waals surface area contributed by atoms with Crippen LogP contribution in [0.25, 0.3) is 6.08 Å². The van der Waals surface area contributed by atoms with Crippen molar-refractivity contribution in [2.75, 3.05) is 12.0 Å². The minimum atomic E-state index is -4.52. The highest BCUT2D eigenvalue weighted by molar-refractivity contribution is 8.27. The van der Waals surface area contributed by atoms with E-state index in [0.29, 0.717) is 28.6 Å². The van der Waals surface area contributed by atoms with E-state index >= 15 is 0 Å². The number of hydrogen-bond donors (Lipinski definition) is 0. The van der Waals surface area contributed by atoms with E-state index < -0.39 is 17.6 Å². The van der Waals surface area contributed by atoms with Gasteiger partial charge in [-0.05, 0) is 47.5 Å². The molecule has 0 aliphatic carbocycles. The van der Waals surface area contributed by atoms with Gasteiger partial charge in [0.05, 0.1) is 23.3 Å². The van der Waals surface area contributed by atoms with Crippen LogP contribution >= 0.6 is 24.0 Å². The highest BCUT2D eigenvalue weighted by Crippen LogP contribution is 2.39. The maximum Gasteiger partial charge on any atom is 0.416 e. The van der Waals surface area contributed by atoms with Crippen molar-refractivity contribution in [3.8, 4) is 11.5 Å². The number of carbonyl (C=O) groups excluding carboxylic acids is 1. The van der Waals surface area contributed by atoms with Crippen molar-refractivity contribution in [1.82, 2.24) is 0 Å². The third kappa shape index (κ3) is 5.26. The van der Waals surface area contributed by atoms with Gasteiger partial charge >= 0.3 is 6.18 Å². The van der Waals surface area contributed by atoms with E-state index in [-0.39, 0.29) is 10.0 Å². The van der Waals surface area contributed by atoms with E-state index in [1.54, 1.807) is 24.3 Å². The number of alkyl halides is 3. The maximum absolute atomic E-state index is 13.1. The van der Waals surface area contributed by atoms with Crippen molar-refractivity contribution in [2.45, 2.75) is 12.8 Å². The van der Waals surface area contributed by atoms with Crippen LogP contribution in [0.4, 0.5) is 18.9 Å². The number of hydrogen-bond acceptors (Lipinski definition) is 5. The van der Waals surface area contributed by atoms with Crippen LogP contribution in [0, 0.1) is 0 Å². The van der Waals surface area contributed by atoms with Crippen molar-refractivity contribution in [2.24, 2.45) is 0 Å². The quantitative estimate of drug-likeness (QED) is 0.278. The molecular formula is C25H18F3NO3S2. The number of nitrogens with zero attached hydrogens (tertiary/aromatic N) is 1. The lowest BCUT2D eigenvalue weighted by Crippen LogP contribution is -2.27. The lowest BCUT2D eigenvalue weighted by Gasteiger charge is -2.16. The topological polar surface area (TPSA) is 38.8 Å². The molecule has 0 spiro atoms. The van der Waals surface area contributed by atoms with E-state index in [2.05, 4.69) is 0 Å². The minimum Gasteiger partial charge on any atom is -0.493 e. The number of ether oxygens (including phenoxy) is 2. The number of amides is 1. The Bertz CT molecular complexity index is 1260. The Balaban J connectivity index is 1.55. The van der Waals surface area contributed by atoms with E-state index in [4.69, 9.17) is 21.7 Å². The predicted octanol–water partition coefficient (Wildman–Crippen LogP) is 6.70. The summed E-state index contributed by atoms with van der Waals surface area (Å²) in [5.41, 5.74) is 0.891. The third-order valence-corrected chi connectivity index (χ3v) is 6.25. The Hall–Kier alpha value is -3.30. The van der Waals surface area contributed by atoms with Crippen LogP contribution in [0.2, 0.25) is 0 Å². The highest BCUT2D eigenvalue weighted by Gasteiger charge is 2.36. The van der Waals surface area contributed by atoms with Gasteiger partial charge in [0.2, 0.25) is 0 Å². The smallest absolute Gasteiger partial charge is 0.416 e. The average Bonchev–Trinajstić information content (AvgIpc) is 3.10. The molecule has 4 nitrogen and oxygen atoms in total. The number of halogens is 3. The molecule has 174 valence electrons. The van der Waals surface area contributed by atoms with Crippen LogP contribution < -0.4 is 14.4 Å². The fourth-order valence-corrected chi connectivity index (χ4v) is 4.59. The Kier molecular flexibility index (Phi) is 6.95. The van der Waals surface area contributed by atoms with Crippen LogP contribution in [0.15, 0.2) is 77.7 Å². The second-order valence-corrected chi connectivity index (χ2v) is 8.93. The zero-order valence-electron chi connectivity index (χ0n) is 17.8. The summed E-state index contributed by atoms with van der Waals surface area (Å²) in [6.07, 6.45) is -2.90. The van der Waals surface area contributed by atoms with Crippen molar-refractivity contribution in [1.29, 1.82) is 0 Å². The molecule has 1 fully saturated rings. The summed E-state index contributed by atoms with van der Waals surface area (Å²) >= 11 is 6.31. The van der Waals surface area contributed by atoms with Crippen LogP contribution in [-0.4, -0.2) is 17.3 Å². The van der Waals surface area contributed by atoms with Gasteiger partial charge in [-0.3, -0.25) is 9.69 Å². The molecule has 3 aromatic rings. The number of benzene rings is 3. The molecule has 1 amide bonds. The van der Waals surface area contributed by atoms with Crippen molar-refractivity contribution >= 4 is 46.0 Å².